The summed E-state index contributed by atoms with van der Waals surface area (Å²) in [6.07, 6.45) is 0.206. The fourth-order valence-corrected chi connectivity index (χ4v) is 2.25. The first-order valence-electron chi connectivity index (χ1n) is 5.85. The molecule has 0 radical (unpaired) electrons. The molecule has 0 aromatic heterocycles. The molecule has 98 valence electrons. The van der Waals surface area contributed by atoms with Gasteiger partial charge in [0.1, 0.15) is 0 Å². The van der Waals surface area contributed by atoms with Gasteiger partial charge in [-0.2, -0.15) is 0 Å². The minimum absolute atomic E-state index is 0.103. The smallest absolute Gasteiger partial charge is 0.310 e. The SMILES string of the molecule is C[C@@H]1CN(c2ccc([N+](=O)[O-])c(O)c2)C[C@@H](C)O1. The summed E-state index contributed by atoms with van der Waals surface area (Å²) in [5, 5.41) is 20.3. The van der Waals surface area contributed by atoms with E-state index >= 15 is 0 Å². The Labute approximate surface area is 105 Å². The molecule has 1 aromatic carbocycles. The molecule has 1 aliphatic rings. The van der Waals surface area contributed by atoms with Crippen molar-refractivity contribution < 1.29 is 14.8 Å². The van der Waals surface area contributed by atoms with Crippen LogP contribution < -0.4 is 4.90 Å². The van der Waals surface area contributed by atoms with Crippen LogP contribution in [-0.4, -0.2) is 35.3 Å². The summed E-state index contributed by atoms with van der Waals surface area (Å²) in [6, 6.07) is 4.42. The minimum Gasteiger partial charge on any atom is -0.502 e. The highest BCUT2D eigenvalue weighted by Gasteiger charge is 2.24. The fraction of sp³-hybridized carbons (Fsp3) is 0.500. The predicted octanol–water partition coefficient (Wildman–Crippen LogP) is 1.91. The number of nitro groups is 1. The van der Waals surface area contributed by atoms with Crippen molar-refractivity contribution in [1.29, 1.82) is 0 Å². The lowest BCUT2D eigenvalue weighted by atomic mass is 10.2. The molecule has 0 spiro atoms. The molecular formula is C12H16N2O4. The lowest BCUT2D eigenvalue weighted by Crippen LogP contribution is -2.45. The van der Waals surface area contributed by atoms with Gasteiger partial charge in [0.2, 0.25) is 0 Å². The Hall–Kier alpha value is -1.82. The topological polar surface area (TPSA) is 75.8 Å². The number of hydrogen-bond donors (Lipinski definition) is 1. The monoisotopic (exact) mass is 252 g/mol. The van der Waals surface area contributed by atoms with Crippen molar-refractivity contribution in [1.82, 2.24) is 0 Å². The Morgan fingerprint density at radius 3 is 2.50 bits per heavy atom. The van der Waals surface area contributed by atoms with Gasteiger partial charge in [-0.15, -0.1) is 0 Å². The van der Waals surface area contributed by atoms with Gasteiger partial charge in [0, 0.05) is 30.9 Å². The van der Waals surface area contributed by atoms with Crippen LogP contribution in [0.15, 0.2) is 18.2 Å². The van der Waals surface area contributed by atoms with Crippen LogP contribution in [0, 0.1) is 10.1 Å². The van der Waals surface area contributed by atoms with Crippen molar-refractivity contribution in [2.75, 3.05) is 18.0 Å². The normalized spacial score (nSPS) is 24.0. The summed E-state index contributed by atoms with van der Waals surface area (Å²) < 4.78 is 5.62. The zero-order valence-corrected chi connectivity index (χ0v) is 10.4. The Morgan fingerprint density at radius 1 is 1.39 bits per heavy atom. The van der Waals surface area contributed by atoms with E-state index in [4.69, 9.17) is 4.74 Å². The van der Waals surface area contributed by atoms with Crippen LogP contribution in [0.2, 0.25) is 0 Å². The number of aromatic hydroxyl groups is 1. The molecule has 1 aliphatic heterocycles. The van der Waals surface area contributed by atoms with E-state index in [-0.39, 0.29) is 23.6 Å². The van der Waals surface area contributed by atoms with E-state index in [1.165, 1.54) is 12.1 Å². The Bertz CT molecular complexity index is 453. The number of phenolic OH excluding ortho intramolecular Hbond substituents is 1. The first kappa shape index (κ1) is 12.6. The Morgan fingerprint density at radius 2 is 2.00 bits per heavy atom. The molecule has 1 aromatic rings. The molecular weight excluding hydrogens is 236 g/mol. The minimum atomic E-state index is -0.594. The summed E-state index contributed by atoms with van der Waals surface area (Å²) in [7, 11) is 0. The van der Waals surface area contributed by atoms with Gasteiger partial charge in [-0.05, 0) is 19.9 Å². The van der Waals surface area contributed by atoms with Gasteiger partial charge < -0.3 is 14.7 Å². The van der Waals surface area contributed by atoms with E-state index in [0.29, 0.717) is 13.1 Å². The highest BCUT2D eigenvalue weighted by atomic mass is 16.6. The van der Waals surface area contributed by atoms with Gasteiger partial charge in [0.05, 0.1) is 17.1 Å². The lowest BCUT2D eigenvalue weighted by Gasteiger charge is -2.36. The van der Waals surface area contributed by atoms with Gasteiger partial charge >= 0.3 is 5.69 Å². The molecule has 6 heteroatoms. The fourth-order valence-electron chi connectivity index (χ4n) is 2.25. The second-order valence-corrected chi connectivity index (χ2v) is 4.59. The maximum absolute atomic E-state index is 10.6. The van der Waals surface area contributed by atoms with Gasteiger partial charge in [0.15, 0.2) is 5.75 Å². The van der Waals surface area contributed by atoms with Gasteiger partial charge in [0.25, 0.3) is 0 Å². The summed E-state index contributed by atoms with van der Waals surface area (Å²) in [5.41, 5.74) is 0.508. The largest absolute Gasteiger partial charge is 0.502 e. The summed E-state index contributed by atoms with van der Waals surface area (Å²) >= 11 is 0. The van der Waals surface area contributed by atoms with Crippen LogP contribution in [0.25, 0.3) is 0 Å². The van der Waals surface area contributed by atoms with Crippen molar-refractivity contribution in [3.63, 3.8) is 0 Å². The van der Waals surface area contributed by atoms with Crippen molar-refractivity contribution in [3.8, 4) is 5.75 Å². The van der Waals surface area contributed by atoms with Gasteiger partial charge in [-0.3, -0.25) is 10.1 Å². The summed E-state index contributed by atoms with van der Waals surface area (Å²) in [6.45, 7) is 5.38. The Kier molecular flexibility index (Phi) is 3.38. The number of rotatable bonds is 2. The number of nitro benzene ring substituents is 1. The first-order chi connectivity index (χ1) is 8.47. The van der Waals surface area contributed by atoms with E-state index < -0.39 is 4.92 Å². The van der Waals surface area contributed by atoms with E-state index in [9.17, 15) is 15.2 Å². The molecule has 18 heavy (non-hydrogen) atoms. The van der Waals surface area contributed by atoms with E-state index in [1.807, 2.05) is 13.8 Å². The van der Waals surface area contributed by atoms with Crippen LogP contribution in [0.1, 0.15) is 13.8 Å². The van der Waals surface area contributed by atoms with Crippen molar-refractivity contribution in [2.24, 2.45) is 0 Å². The van der Waals surface area contributed by atoms with Crippen molar-refractivity contribution >= 4 is 11.4 Å². The maximum atomic E-state index is 10.6. The highest BCUT2D eigenvalue weighted by molar-refractivity contribution is 5.58. The average Bonchev–Trinajstić information content (AvgIpc) is 2.26. The molecule has 1 saturated heterocycles. The third-order valence-electron chi connectivity index (χ3n) is 2.94. The lowest BCUT2D eigenvalue weighted by molar-refractivity contribution is -0.385. The van der Waals surface area contributed by atoms with E-state index in [1.54, 1.807) is 6.07 Å². The Balaban J connectivity index is 2.23. The van der Waals surface area contributed by atoms with E-state index in [0.717, 1.165) is 5.69 Å². The highest BCUT2D eigenvalue weighted by Crippen LogP contribution is 2.31. The number of hydrogen-bond acceptors (Lipinski definition) is 5. The molecule has 0 bridgehead atoms. The standard InChI is InChI=1S/C12H16N2O4/c1-8-6-13(7-9(2)18-8)10-3-4-11(14(16)17)12(15)5-10/h3-5,8-9,15H,6-7H2,1-2H3/t8-,9-/m1/s1. The quantitative estimate of drug-likeness (QED) is 0.642. The summed E-state index contributed by atoms with van der Waals surface area (Å²) in [5.74, 6) is -0.302. The number of ether oxygens (including phenoxy) is 1. The molecule has 6 nitrogen and oxygen atoms in total. The van der Waals surface area contributed by atoms with Gasteiger partial charge in [-0.25, -0.2) is 0 Å². The number of benzene rings is 1. The van der Waals surface area contributed by atoms with Crippen LogP contribution >= 0.6 is 0 Å². The maximum Gasteiger partial charge on any atom is 0.310 e. The molecule has 2 atom stereocenters. The average molecular weight is 252 g/mol. The molecule has 0 saturated carbocycles. The second kappa shape index (κ2) is 4.81. The van der Waals surface area contributed by atoms with Crippen LogP contribution in [0.4, 0.5) is 11.4 Å². The number of nitrogens with zero attached hydrogens (tertiary/aromatic N) is 2. The molecule has 1 fully saturated rings. The van der Waals surface area contributed by atoms with Crippen molar-refractivity contribution in [3.05, 3.63) is 28.3 Å². The van der Waals surface area contributed by atoms with E-state index in [2.05, 4.69) is 4.90 Å². The molecule has 0 unspecified atom stereocenters. The van der Waals surface area contributed by atoms with Crippen LogP contribution in [-0.2, 0) is 4.74 Å². The number of phenols is 1. The molecule has 2 rings (SSSR count). The zero-order valence-electron chi connectivity index (χ0n) is 10.4. The third kappa shape index (κ3) is 2.53. The van der Waals surface area contributed by atoms with Crippen molar-refractivity contribution in [2.45, 2.75) is 26.1 Å². The first-order valence-corrected chi connectivity index (χ1v) is 5.85. The molecule has 0 aliphatic carbocycles. The predicted molar refractivity (Wildman–Crippen MR) is 67.0 cm³/mol. The summed E-state index contributed by atoms with van der Waals surface area (Å²) in [4.78, 5) is 12.1. The molecule has 0 amide bonds. The van der Waals surface area contributed by atoms with Crippen LogP contribution in [0.3, 0.4) is 0 Å². The molecule has 1 heterocycles. The van der Waals surface area contributed by atoms with Gasteiger partial charge in [-0.1, -0.05) is 0 Å². The third-order valence-corrected chi connectivity index (χ3v) is 2.94. The van der Waals surface area contributed by atoms with Crippen LogP contribution in [0.5, 0.6) is 5.75 Å². The second-order valence-electron chi connectivity index (χ2n) is 4.59. The number of morpholine rings is 1. The molecule has 1 N–H and O–H groups in total. The number of anilines is 1. The zero-order chi connectivity index (χ0) is 13.3.